The van der Waals surface area contributed by atoms with E-state index in [2.05, 4.69) is 27.7 Å². The van der Waals surface area contributed by atoms with Crippen LogP contribution in [-0.4, -0.2) is 96.7 Å². The quantitative estimate of drug-likeness (QED) is 0.0222. The lowest BCUT2D eigenvalue weighted by Gasteiger charge is -2.21. The van der Waals surface area contributed by atoms with Crippen molar-refractivity contribution >= 4 is 39.5 Å². The standard InChI is InChI=1S/C63H122O17P2/c1-5-9-13-17-21-24-27-28-31-34-38-42-46-50-63(68)80-59(54-74-61(66)48-44-40-36-32-29-25-22-18-14-10-6-2)56-78-82(71,72)76-52-57(64)51-75-81(69,70)77-55-58(53-73-60(65)47-43-39-35-20-16-12-8-4)79-62(67)49-45-41-37-33-30-26-23-19-15-11-7-3/h57-59,64H,5-56H2,1-4H3,(H,69,70)(H,71,72)/t57-,58+,59+/m0/s1. The summed E-state index contributed by atoms with van der Waals surface area (Å²) in [4.78, 5) is 72.1. The van der Waals surface area contributed by atoms with Gasteiger partial charge in [-0.2, -0.15) is 0 Å². The lowest BCUT2D eigenvalue weighted by molar-refractivity contribution is -0.161. The molecule has 0 radical (unpaired) electrons. The number of rotatable bonds is 64. The SMILES string of the molecule is CCCCCCCCCCCCCCCC(=O)O[C@H](COC(=O)CCCCCCCCCCCCC)COP(=O)(O)OC[C@@H](O)COP(=O)(O)OC[C@@H](COC(=O)CCCCCCCCC)OC(=O)CCCCCCCCCCCCC. The Kier molecular flexibility index (Phi) is 56.7. The zero-order chi connectivity index (χ0) is 60.5. The second-order valence-corrected chi connectivity index (χ2v) is 25.7. The largest absolute Gasteiger partial charge is 0.472 e. The monoisotopic (exact) mass is 1210 g/mol. The lowest BCUT2D eigenvalue weighted by atomic mass is 10.0. The van der Waals surface area contributed by atoms with Gasteiger partial charge in [-0.25, -0.2) is 9.13 Å². The van der Waals surface area contributed by atoms with Crippen LogP contribution in [0.15, 0.2) is 0 Å². The molecule has 0 aromatic carbocycles. The van der Waals surface area contributed by atoms with Gasteiger partial charge >= 0.3 is 39.5 Å². The summed E-state index contributed by atoms with van der Waals surface area (Å²) < 4.78 is 67.9. The molecule has 5 atom stereocenters. The van der Waals surface area contributed by atoms with E-state index < -0.39 is 97.5 Å². The Balaban J connectivity index is 5.21. The topological polar surface area (TPSA) is 237 Å². The molecule has 82 heavy (non-hydrogen) atoms. The van der Waals surface area contributed by atoms with Crippen molar-refractivity contribution in [1.82, 2.24) is 0 Å². The third-order valence-electron chi connectivity index (χ3n) is 14.6. The molecule has 486 valence electrons. The Morgan fingerprint density at radius 1 is 0.293 bits per heavy atom. The summed E-state index contributed by atoms with van der Waals surface area (Å²) in [6.45, 7) is 4.85. The van der Waals surface area contributed by atoms with Crippen LogP contribution in [0.5, 0.6) is 0 Å². The molecule has 0 fully saturated rings. The average Bonchev–Trinajstić information content (AvgIpc) is 3.47. The molecule has 0 aromatic heterocycles. The van der Waals surface area contributed by atoms with Crippen LogP contribution in [0.2, 0.25) is 0 Å². The third-order valence-corrected chi connectivity index (χ3v) is 16.5. The van der Waals surface area contributed by atoms with E-state index in [-0.39, 0.29) is 25.7 Å². The van der Waals surface area contributed by atoms with Gasteiger partial charge < -0.3 is 33.8 Å². The second-order valence-electron chi connectivity index (χ2n) is 22.8. The van der Waals surface area contributed by atoms with Crippen LogP contribution < -0.4 is 0 Å². The van der Waals surface area contributed by atoms with Crippen LogP contribution in [0.1, 0.15) is 323 Å². The van der Waals surface area contributed by atoms with E-state index in [0.717, 1.165) is 103 Å². The highest BCUT2D eigenvalue weighted by Gasteiger charge is 2.30. The molecular weight excluding hydrogens is 1090 g/mol. The van der Waals surface area contributed by atoms with Gasteiger partial charge in [0, 0.05) is 25.7 Å². The Hall–Kier alpha value is -1.94. The summed E-state index contributed by atoms with van der Waals surface area (Å²) in [7, 11) is -9.88. The maximum atomic E-state index is 13.0. The van der Waals surface area contributed by atoms with E-state index in [4.69, 9.17) is 37.0 Å². The van der Waals surface area contributed by atoms with Crippen LogP contribution in [0, 0.1) is 0 Å². The molecule has 0 heterocycles. The molecule has 3 N–H and O–H groups in total. The normalized spacial score (nSPS) is 14.2. The Labute approximate surface area is 498 Å². The van der Waals surface area contributed by atoms with Crippen LogP contribution in [0.25, 0.3) is 0 Å². The van der Waals surface area contributed by atoms with Crippen molar-refractivity contribution in [3.8, 4) is 0 Å². The summed E-state index contributed by atoms with van der Waals surface area (Å²) in [5, 5.41) is 10.5. The summed E-state index contributed by atoms with van der Waals surface area (Å²) in [6, 6.07) is 0. The fourth-order valence-electron chi connectivity index (χ4n) is 9.46. The first-order valence-electron chi connectivity index (χ1n) is 33.3. The minimum atomic E-state index is -4.94. The van der Waals surface area contributed by atoms with Gasteiger partial charge in [0.2, 0.25) is 0 Å². The van der Waals surface area contributed by atoms with Gasteiger partial charge in [-0.1, -0.05) is 272 Å². The average molecular weight is 1210 g/mol. The number of hydrogen-bond acceptors (Lipinski definition) is 15. The minimum absolute atomic E-state index is 0.107. The van der Waals surface area contributed by atoms with Crippen LogP contribution in [0.3, 0.4) is 0 Å². The van der Waals surface area contributed by atoms with Gasteiger partial charge in [-0.05, 0) is 25.7 Å². The molecule has 0 aliphatic heterocycles. The van der Waals surface area contributed by atoms with Gasteiger partial charge in [0.25, 0.3) is 0 Å². The summed E-state index contributed by atoms with van der Waals surface area (Å²) >= 11 is 0. The predicted molar refractivity (Wildman–Crippen MR) is 326 cm³/mol. The van der Waals surface area contributed by atoms with Crippen LogP contribution in [-0.2, 0) is 65.4 Å². The highest BCUT2D eigenvalue weighted by atomic mass is 31.2. The van der Waals surface area contributed by atoms with Crippen molar-refractivity contribution in [3.05, 3.63) is 0 Å². The molecule has 0 spiro atoms. The zero-order valence-corrected chi connectivity index (χ0v) is 54.2. The first-order valence-corrected chi connectivity index (χ1v) is 36.3. The third kappa shape index (κ3) is 57.2. The Morgan fingerprint density at radius 3 is 0.720 bits per heavy atom. The number of ether oxygens (including phenoxy) is 4. The first-order chi connectivity index (χ1) is 39.7. The summed E-state index contributed by atoms with van der Waals surface area (Å²) in [6.07, 6.45) is 43.0. The van der Waals surface area contributed by atoms with Crippen LogP contribution in [0.4, 0.5) is 0 Å². The fraction of sp³-hybridized carbons (Fsp3) is 0.937. The van der Waals surface area contributed by atoms with Crippen molar-refractivity contribution in [3.63, 3.8) is 0 Å². The van der Waals surface area contributed by atoms with Crippen LogP contribution >= 0.6 is 15.6 Å². The Morgan fingerprint density at radius 2 is 0.488 bits per heavy atom. The van der Waals surface area contributed by atoms with Gasteiger partial charge in [-0.3, -0.25) is 37.3 Å². The number of carbonyl (C=O) groups is 4. The number of unbranched alkanes of at least 4 members (excludes halogenated alkanes) is 38. The van der Waals surface area contributed by atoms with Gasteiger partial charge in [-0.15, -0.1) is 0 Å². The smallest absolute Gasteiger partial charge is 0.462 e. The molecule has 17 nitrogen and oxygen atoms in total. The molecule has 2 unspecified atom stereocenters. The molecule has 0 aromatic rings. The second kappa shape index (κ2) is 58.1. The maximum Gasteiger partial charge on any atom is 0.472 e. The molecule has 0 aliphatic carbocycles. The molecule has 0 rings (SSSR count). The molecular formula is C63H122O17P2. The summed E-state index contributed by atoms with van der Waals surface area (Å²) in [5.74, 6) is -2.13. The molecule has 19 heteroatoms. The molecule has 0 saturated carbocycles. The van der Waals surface area contributed by atoms with E-state index in [1.165, 1.54) is 141 Å². The van der Waals surface area contributed by atoms with Crippen molar-refractivity contribution in [2.24, 2.45) is 0 Å². The Bertz CT molecular complexity index is 1590. The van der Waals surface area contributed by atoms with Gasteiger partial charge in [0.05, 0.1) is 26.4 Å². The van der Waals surface area contributed by atoms with Crippen molar-refractivity contribution in [2.45, 2.75) is 341 Å². The van der Waals surface area contributed by atoms with E-state index >= 15 is 0 Å². The van der Waals surface area contributed by atoms with Crippen molar-refractivity contribution in [2.75, 3.05) is 39.6 Å². The highest BCUT2D eigenvalue weighted by molar-refractivity contribution is 7.47. The van der Waals surface area contributed by atoms with E-state index in [1.54, 1.807) is 0 Å². The highest BCUT2D eigenvalue weighted by Crippen LogP contribution is 2.45. The number of hydrogen-bond donors (Lipinski definition) is 3. The van der Waals surface area contributed by atoms with Crippen molar-refractivity contribution in [1.29, 1.82) is 0 Å². The minimum Gasteiger partial charge on any atom is -0.462 e. The van der Waals surface area contributed by atoms with E-state index in [9.17, 15) is 43.2 Å². The number of phosphoric acid groups is 2. The van der Waals surface area contributed by atoms with Gasteiger partial charge in [0.15, 0.2) is 12.2 Å². The molecule has 0 aliphatic rings. The summed E-state index contributed by atoms with van der Waals surface area (Å²) in [5.41, 5.74) is 0. The fourth-order valence-corrected chi connectivity index (χ4v) is 11.0. The number of phosphoric ester groups is 2. The maximum absolute atomic E-state index is 13.0. The zero-order valence-electron chi connectivity index (χ0n) is 52.5. The molecule has 0 saturated heterocycles. The molecule has 0 bridgehead atoms. The predicted octanol–water partition coefficient (Wildman–Crippen LogP) is 17.5. The number of esters is 4. The van der Waals surface area contributed by atoms with E-state index in [1.807, 2.05) is 0 Å². The number of carbonyl (C=O) groups excluding carboxylic acids is 4. The van der Waals surface area contributed by atoms with Crippen molar-refractivity contribution < 1.29 is 80.2 Å². The number of aliphatic hydroxyl groups is 1. The number of aliphatic hydroxyl groups excluding tert-OH is 1. The van der Waals surface area contributed by atoms with Gasteiger partial charge in [0.1, 0.15) is 19.3 Å². The lowest BCUT2D eigenvalue weighted by Crippen LogP contribution is -2.30. The van der Waals surface area contributed by atoms with E-state index in [0.29, 0.717) is 25.7 Å². The first kappa shape index (κ1) is 80.1. The molecule has 0 amide bonds.